The van der Waals surface area contributed by atoms with Gasteiger partial charge in [0.15, 0.2) is 6.67 Å². The van der Waals surface area contributed by atoms with Crippen molar-refractivity contribution in [2.45, 2.75) is 19.5 Å². The van der Waals surface area contributed by atoms with E-state index in [9.17, 15) is 27.6 Å². The molecular weight excluding hydrogens is 377 g/mol. The first-order valence-corrected chi connectivity index (χ1v) is 9.15. The van der Waals surface area contributed by atoms with E-state index in [4.69, 9.17) is 0 Å². The minimum Gasteiger partial charge on any atom is -0.360 e. The van der Waals surface area contributed by atoms with E-state index in [1.165, 1.54) is 6.07 Å². The minimum absolute atomic E-state index is 0.0834. The summed E-state index contributed by atoms with van der Waals surface area (Å²) in [6, 6.07) is 4.58. The number of anilines is 1. The number of hydrogen-bond acceptors (Lipinski definition) is 4. The standard InChI is InChI=1S/C18H21F3N4O3/c1-2-6-24-15(26)16(27)25(17(24)28)12-22-7-9-23(10-8-22)14-5-3-4-13(11-14)18(19,20)21/h3-5,11H,2,6-10,12H2,1H3/p+1. The summed E-state index contributed by atoms with van der Waals surface area (Å²) in [5.41, 5.74) is -0.200. The fraction of sp³-hybridized carbons (Fsp3) is 0.500. The van der Waals surface area contributed by atoms with Gasteiger partial charge in [0.05, 0.1) is 31.7 Å². The zero-order valence-corrected chi connectivity index (χ0v) is 15.5. The fourth-order valence-corrected chi connectivity index (χ4v) is 3.45. The smallest absolute Gasteiger partial charge is 0.360 e. The molecule has 28 heavy (non-hydrogen) atoms. The molecule has 3 rings (SSSR count). The first kappa shape index (κ1) is 20.1. The summed E-state index contributed by atoms with van der Waals surface area (Å²) in [5, 5.41) is 0. The highest BCUT2D eigenvalue weighted by Gasteiger charge is 2.45. The minimum atomic E-state index is -4.39. The lowest BCUT2D eigenvalue weighted by Crippen LogP contribution is -3.16. The van der Waals surface area contributed by atoms with Crippen LogP contribution in [0.2, 0.25) is 0 Å². The van der Waals surface area contributed by atoms with Crippen molar-refractivity contribution in [2.24, 2.45) is 0 Å². The van der Waals surface area contributed by atoms with Gasteiger partial charge < -0.3 is 9.80 Å². The van der Waals surface area contributed by atoms with E-state index in [1.54, 1.807) is 6.07 Å². The maximum absolute atomic E-state index is 12.9. The third kappa shape index (κ3) is 3.96. The van der Waals surface area contributed by atoms with Crippen molar-refractivity contribution in [3.63, 3.8) is 0 Å². The number of nitrogens with one attached hydrogen (secondary N) is 1. The van der Waals surface area contributed by atoms with E-state index in [1.807, 2.05) is 11.8 Å². The van der Waals surface area contributed by atoms with Crippen LogP contribution in [0.25, 0.3) is 0 Å². The molecule has 2 saturated heterocycles. The number of piperazine rings is 1. The Morgan fingerprint density at radius 2 is 1.68 bits per heavy atom. The van der Waals surface area contributed by atoms with E-state index in [2.05, 4.69) is 0 Å². The molecule has 0 radical (unpaired) electrons. The second-order valence-electron chi connectivity index (χ2n) is 6.92. The van der Waals surface area contributed by atoms with Gasteiger partial charge in [-0.25, -0.2) is 9.69 Å². The van der Waals surface area contributed by atoms with E-state index in [0.717, 1.165) is 26.8 Å². The molecule has 2 aliphatic rings. The number of nitrogens with zero attached hydrogens (tertiary/aromatic N) is 3. The van der Waals surface area contributed by atoms with E-state index in [-0.39, 0.29) is 13.2 Å². The summed E-state index contributed by atoms with van der Waals surface area (Å²) >= 11 is 0. The average molecular weight is 399 g/mol. The quantitative estimate of drug-likeness (QED) is 0.581. The van der Waals surface area contributed by atoms with Crippen LogP contribution in [0.4, 0.5) is 23.7 Å². The normalized spacial score (nSPS) is 19.1. The number of halogens is 3. The Balaban J connectivity index is 1.60. The van der Waals surface area contributed by atoms with Crippen LogP contribution in [0.1, 0.15) is 18.9 Å². The monoisotopic (exact) mass is 399 g/mol. The molecule has 1 N–H and O–H groups in total. The average Bonchev–Trinajstić information content (AvgIpc) is 2.86. The van der Waals surface area contributed by atoms with Gasteiger partial charge in [0.2, 0.25) is 0 Å². The van der Waals surface area contributed by atoms with Crippen LogP contribution in [-0.2, 0) is 15.8 Å². The molecule has 0 saturated carbocycles. The van der Waals surface area contributed by atoms with Crippen LogP contribution in [0.3, 0.4) is 0 Å². The molecule has 0 bridgehead atoms. The summed E-state index contributed by atoms with van der Waals surface area (Å²) in [4.78, 5) is 41.0. The molecule has 2 fully saturated rings. The van der Waals surface area contributed by atoms with Gasteiger partial charge in [0.1, 0.15) is 0 Å². The number of alkyl halides is 3. The molecule has 0 aliphatic carbocycles. The molecule has 152 valence electrons. The van der Waals surface area contributed by atoms with Gasteiger partial charge in [-0.15, -0.1) is 0 Å². The molecule has 2 aliphatic heterocycles. The Labute approximate surface area is 160 Å². The molecule has 0 atom stereocenters. The van der Waals surface area contributed by atoms with Crippen LogP contribution >= 0.6 is 0 Å². The van der Waals surface area contributed by atoms with Crippen molar-refractivity contribution in [1.82, 2.24) is 9.80 Å². The lowest BCUT2D eigenvalue weighted by molar-refractivity contribution is -0.907. The maximum Gasteiger partial charge on any atom is 0.416 e. The molecule has 2 heterocycles. The van der Waals surface area contributed by atoms with Crippen LogP contribution in [0, 0.1) is 0 Å². The first-order valence-electron chi connectivity index (χ1n) is 9.15. The zero-order valence-electron chi connectivity index (χ0n) is 15.5. The Morgan fingerprint density at radius 1 is 1.04 bits per heavy atom. The van der Waals surface area contributed by atoms with E-state index >= 15 is 0 Å². The Morgan fingerprint density at radius 3 is 2.29 bits per heavy atom. The third-order valence-corrected chi connectivity index (χ3v) is 4.97. The number of imide groups is 2. The largest absolute Gasteiger partial charge is 0.416 e. The Hall–Kier alpha value is -2.62. The van der Waals surface area contributed by atoms with Crippen molar-refractivity contribution in [2.75, 3.05) is 44.3 Å². The highest BCUT2D eigenvalue weighted by atomic mass is 19.4. The van der Waals surface area contributed by atoms with E-state index < -0.39 is 29.6 Å². The number of benzene rings is 1. The predicted octanol–water partition coefficient (Wildman–Crippen LogP) is 0.569. The molecule has 1 aromatic carbocycles. The summed E-state index contributed by atoms with van der Waals surface area (Å²) in [6.45, 7) is 4.15. The summed E-state index contributed by atoms with van der Waals surface area (Å²) in [7, 11) is 0. The van der Waals surface area contributed by atoms with Gasteiger partial charge in [-0.3, -0.25) is 14.5 Å². The molecule has 0 aromatic heterocycles. The highest BCUT2D eigenvalue weighted by Crippen LogP contribution is 2.31. The van der Waals surface area contributed by atoms with Crippen LogP contribution in [0.5, 0.6) is 0 Å². The lowest BCUT2D eigenvalue weighted by Gasteiger charge is -2.34. The highest BCUT2D eigenvalue weighted by molar-refractivity contribution is 6.44. The number of amides is 4. The number of hydrogen-bond donors (Lipinski definition) is 1. The van der Waals surface area contributed by atoms with Crippen molar-refractivity contribution in [3.05, 3.63) is 29.8 Å². The molecule has 4 amide bonds. The number of urea groups is 1. The predicted molar refractivity (Wildman–Crippen MR) is 93.5 cm³/mol. The third-order valence-electron chi connectivity index (χ3n) is 4.97. The number of carbonyl (C=O) groups is 3. The molecule has 7 nitrogen and oxygen atoms in total. The van der Waals surface area contributed by atoms with Gasteiger partial charge in [-0.05, 0) is 24.6 Å². The fourth-order valence-electron chi connectivity index (χ4n) is 3.45. The maximum atomic E-state index is 12.9. The second-order valence-corrected chi connectivity index (χ2v) is 6.92. The molecule has 10 heteroatoms. The van der Waals surface area contributed by atoms with Gasteiger partial charge in [0, 0.05) is 12.2 Å². The Bertz CT molecular complexity index is 776. The summed E-state index contributed by atoms with van der Waals surface area (Å²) < 4.78 is 38.7. The SMILES string of the molecule is CCCN1C(=O)C(=O)N(C[NH+]2CCN(c3cccc(C(F)(F)F)c3)CC2)C1=O. The van der Waals surface area contributed by atoms with Gasteiger partial charge in [0.25, 0.3) is 0 Å². The van der Waals surface area contributed by atoms with Crippen LogP contribution in [0.15, 0.2) is 24.3 Å². The zero-order chi connectivity index (χ0) is 20.5. The van der Waals surface area contributed by atoms with Crippen molar-refractivity contribution < 1.29 is 32.5 Å². The van der Waals surface area contributed by atoms with Crippen LogP contribution < -0.4 is 9.80 Å². The van der Waals surface area contributed by atoms with Crippen molar-refractivity contribution in [1.29, 1.82) is 0 Å². The van der Waals surface area contributed by atoms with E-state index in [0.29, 0.717) is 38.3 Å². The van der Waals surface area contributed by atoms with Crippen molar-refractivity contribution >= 4 is 23.5 Å². The lowest BCUT2D eigenvalue weighted by atomic mass is 10.1. The van der Waals surface area contributed by atoms with Gasteiger partial charge in [-0.2, -0.15) is 13.2 Å². The van der Waals surface area contributed by atoms with Crippen molar-refractivity contribution in [3.8, 4) is 0 Å². The number of quaternary nitrogens is 1. The number of carbonyl (C=O) groups excluding carboxylic acids is 3. The molecule has 0 spiro atoms. The molecular formula is C18H22F3N4O3+. The number of rotatable bonds is 5. The second kappa shape index (κ2) is 7.78. The summed E-state index contributed by atoms with van der Waals surface area (Å²) in [6.07, 6.45) is -3.82. The topological polar surface area (TPSA) is 65.4 Å². The van der Waals surface area contributed by atoms with Crippen LogP contribution in [-0.4, -0.2) is 67.0 Å². The van der Waals surface area contributed by atoms with Gasteiger partial charge in [-0.1, -0.05) is 13.0 Å². The first-order chi connectivity index (χ1) is 13.2. The molecule has 1 aromatic rings. The Kier molecular flexibility index (Phi) is 5.59. The molecule has 0 unspecified atom stereocenters. The summed E-state index contributed by atoms with van der Waals surface area (Å²) in [5.74, 6) is -1.61. The van der Waals surface area contributed by atoms with Gasteiger partial charge >= 0.3 is 24.0 Å².